The average molecular weight is 514 g/mol. The van der Waals surface area contributed by atoms with Crippen molar-refractivity contribution in [2.24, 2.45) is 0 Å². The van der Waals surface area contributed by atoms with Crippen LogP contribution < -0.4 is 5.32 Å². The lowest BCUT2D eigenvalue weighted by atomic mass is 10.0. The Morgan fingerprint density at radius 3 is 2.57 bits per heavy atom. The largest absolute Gasteiger partial charge is 0.380 e. The Hall–Kier alpha value is -2.97. The monoisotopic (exact) mass is 513 g/mol. The highest BCUT2D eigenvalue weighted by Crippen LogP contribution is 2.33. The molecule has 2 heterocycles. The number of hydrogen-bond acceptors (Lipinski definition) is 5. The van der Waals surface area contributed by atoms with Crippen molar-refractivity contribution in [1.29, 1.82) is 0 Å². The molecule has 0 saturated carbocycles. The average Bonchev–Trinajstić information content (AvgIpc) is 3.37. The van der Waals surface area contributed by atoms with Crippen LogP contribution in [0, 0.1) is 0 Å². The molecule has 182 valence electrons. The fourth-order valence-corrected chi connectivity index (χ4v) is 4.65. The van der Waals surface area contributed by atoms with Gasteiger partial charge in [-0.15, -0.1) is 0 Å². The molecule has 3 atom stereocenters. The summed E-state index contributed by atoms with van der Waals surface area (Å²) >= 11 is 12.3. The third-order valence-electron chi connectivity index (χ3n) is 6.04. The van der Waals surface area contributed by atoms with Gasteiger partial charge in [-0.1, -0.05) is 59.6 Å². The SMILES string of the molecule is O=C(NCc1ccc(-c2ccccc2Cl)cn1)[C@H](O)[C@@H](O)C(=O)N1CCCC1c1cccc(Cl)c1. The molecular weight excluding hydrogens is 489 g/mol. The minimum atomic E-state index is -1.91. The molecule has 0 bridgehead atoms. The first-order chi connectivity index (χ1) is 16.8. The van der Waals surface area contributed by atoms with Crippen molar-refractivity contribution in [3.05, 3.63) is 88.2 Å². The number of aromatic nitrogens is 1. The quantitative estimate of drug-likeness (QED) is 0.446. The van der Waals surface area contributed by atoms with E-state index in [-0.39, 0.29) is 12.6 Å². The van der Waals surface area contributed by atoms with Crippen molar-refractivity contribution >= 4 is 35.0 Å². The van der Waals surface area contributed by atoms with Crippen LogP contribution in [0.2, 0.25) is 10.0 Å². The molecule has 1 aliphatic rings. The van der Waals surface area contributed by atoms with E-state index in [0.29, 0.717) is 28.7 Å². The second-order valence-electron chi connectivity index (χ2n) is 8.37. The molecule has 1 aromatic heterocycles. The summed E-state index contributed by atoms with van der Waals surface area (Å²) in [5.74, 6) is -1.56. The zero-order chi connectivity index (χ0) is 24.9. The van der Waals surface area contributed by atoms with Crippen molar-refractivity contribution in [1.82, 2.24) is 15.2 Å². The predicted octanol–water partition coefficient (Wildman–Crippen LogP) is 3.76. The second-order valence-corrected chi connectivity index (χ2v) is 9.21. The molecule has 1 fully saturated rings. The van der Waals surface area contributed by atoms with Gasteiger partial charge in [0, 0.05) is 33.9 Å². The van der Waals surface area contributed by atoms with E-state index in [2.05, 4.69) is 10.3 Å². The number of aliphatic hydroxyl groups is 2. The van der Waals surface area contributed by atoms with E-state index in [1.54, 1.807) is 36.5 Å². The molecule has 35 heavy (non-hydrogen) atoms. The Labute approximate surface area is 213 Å². The highest BCUT2D eigenvalue weighted by Gasteiger charge is 2.38. The third kappa shape index (κ3) is 5.82. The van der Waals surface area contributed by atoms with Gasteiger partial charge in [-0.2, -0.15) is 0 Å². The summed E-state index contributed by atoms with van der Waals surface area (Å²) in [5.41, 5.74) is 3.06. The van der Waals surface area contributed by atoms with Gasteiger partial charge in [-0.25, -0.2) is 0 Å². The lowest BCUT2D eigenvalue weighted by Gasteiger charge is -2.28. The number of pyridine rings is 1. The number of halogens is 2. The zero-order valence-corrected chi connectivity index (χ0v) is 20.3. The molecule has 0 radical (unpaired) electrons. The van der Waals surface area contributed by atoms with Crippen LogP contribution in [-0.2, 0) is 16.1 Å². The smallest absolute Gasteiger partial charge is 0.255 e. The molecule has 0 aliphatic carbocycles. The first-order valence-corrected chi connectivity index (χ1v) is 12.0. The second kappa shape index (κ2) is 11.2. The summed E-state index contributed by atoms with van der Waals surface area (Å²) in [6.07, 6.45) is -0.707. The third-order valence-corrected chi connectivity index (χ3v) is 6.61. The van der Waals surface area contributed by atoms with E-state index < -0.39 is 24.0 Å². The molecule has 1 unspecified atom stereocenters. The summed E-state index contributed by atoms with van der Waals surface area (Å²) < 4.78 is 0. The Kier molecular flexibility index (Phi) is 8.03. The maximum Gasteiger partial charge on any atom is 0.255 e. The molecule has 3 N–H and O–H groups in total. The molecule has 1 saturated heterocycles. The fourth-order valence-electron chi connectivity index (χ4n) is 4.21. The van der Waals surface area contributed by atoms with Gasteiger partial charge in [-0.05, 0) is 42.7 Å². The number of nitrogens with one attached hydrogen (secondary N) is 1. The summed E-state index contributed by atoms with van der Waals surface area (Å²) in [7, 11) is 0. The number of amides is 2. The Bertz CT molecular complexity index is 1210. The number of likely N-dealkylation sites (tertiary alicyclic amines) is 1. The summed E-state index contributed by atoms with van der Waals surface area (Å²) in [5, 5.41) is 24.5. The Morgan fingerprint density at radius 1 is 1.06 bits per heavy atom. The van der Waals surface area contributed by atoms with Gasteiger partial charge in [0.15, 0.2) is 12.2 Å². The van der Waals surface area contributed by atoms with Gasteiger partial charge in [0.2, 0.25) is 0 Å². The first-order valence-electron chi connectivity index (χ1n) is 11.2. The van der Waals surface area contributed by atoms with Crippen LogP contribution in [0.15, 0.2) is 66.9 Å². The van der Waals surface area contributed by atoms with Crippen molar-refractivity contribution in [2.75, 3.05) is 6.54 Å². The van der Waals surface area contributed by atoms with Crippen LogP contribution in [0.4, 0.5) is 0 Å². The Balaban J connectivity index is 1.35. The van der Waals surface area contributed by atoms with Crippen LogP contribution in [0.3, 0.4) is 0 Å². The van der Waals surface area contributed by atoms with Crippen molar-refractivity contribution in [2.45, 2.75) is 37.6 Å². The fraction of sp³-hybridized carbons (Fsp3) is 0.269. The summed E-state index contributed by atoms with van der Waals surface area (Å²) in [4.78, 5) is 31.2. The van der Waals surface area contributed by atoms with E-state index in [4.69, 9.17) is 23.2 Å². The Morgan fingerprint density at radius 2 is 1.86 bits per heavy atom. The van der Waals surface area contributed by atoms with Crippen LogP contribution >= 0.6 is 23.2 Å². The van der Waals surface area contributed by atoms with Gasteiger partial charge in [0.05, 0.1) is 18.3 Å². The standard InChI is InChI=1S/C26H25Cl2N3O4/c27-18-6-3-5-16(13-18)22-9-4-12-31(22)26(35)24(33)23(32)25(34)30-15-19-11-10-17(14-29-19)20-7-1-2-8-21(20)28/h1-3,5-8,10-11,13-14,22-24,32-33H,4,9,12,15H2,(H,30,34)/t22?,23-,24-/m1/s1. The van der Waals surface area contributed by atoms with Crippen molar-refractivity contribution in [3.63, 3.8) is 0 Å². The highest BCUT2D eigenvalue weighted by atomic mass is 35.5. The number of nitrogens with zero attached hydrogens (tertiary/aromatic N) is 2. The number of rotatable bonds is 7. The highest BCUT2D eigenvalue weighted by molar-refractivity contribution is 6.33. The number of hydrogen-bond donors (Lipinski definition) is 3. The van der Waals surface area contributed by atoms with Gasteiger partial charge >= 0.3 is 0 Å². The molecule has 3 aromatic rings. The molecule has 9 heteroatoms. The van der Waals surface area contributed by atoms with E-state index in [0.717, 1.165) is 23.1 Å². The van der Waals surface area contributed by atoms with Crippen LogP contribution in [0.25, 0.3) is 11.1 Å². The maximum atomic E-state index is 12.9. The topological polar surface area (TPSA) is 103 Å². The molecule has 4 rings (SSSR count). The lowest BCUT2D eigenvalue weighted by molar-refractivity contribution is -0.153. The minimum absolute atomic E-state index is 0.0223. The van der Waals surface area contributed by atoms with Crippen LogP contribution in [0.5, 0.6) is 0 Å². The molecule has 7 nitrogen and oxygen atoms in total. The molecule has 1 aliphatic heterocycles. The van der Waals surface area contributed by atoms with Gasteiger partial charge in [0.25, 0.3) is 11.8 Å². The van der Waals surface area contributed by atoms with E-state index >= 15 is 0 Å². The molecule has 2 amide bonds. The van der Waals surface area contributed by atoms with Crippen molar-refractivity contribution in [3.8, 4) is 11.1 Å². The van der Waals surface area contributed by atoms with E-state index in [1.165, 1.54) is 4.90 Å². The zero-order valence-electron chi connectivity index (χ0n) is 18.8. The maximum absolute atomic E-state index is 12.9. The van der Waals surface area contributed by atoms with Crippen LogP contribution in [0.1, 0.15) is 30.1 Å². The summed E-state index contributed by atoms with van der Waals surface area (Å²) in [6.45, 7) is 0.442. The predicted molar refractivity (Wildman–Crippen MR) is 134 cm³/mol. The number of aliphatic hydroxyl groups excluding tert-OH is 2. The normalized spacial score (nSPS) is 17.1. The van der Waals surface area contributed by atoms with E-state index in [1.807, 2.05) is 30.3 Å². The number of benzene rings is 2. The van der Waals surface area contributed by atoms with Gasteiger partial charge in [-0.3, -0.25) is 14.6 Å². The summed E-state index contributed by atoms with van der Waals surface area (Å²) in [6, 6.07) is 17.9. The minimum Gasteiger partial charge on any atom is -0.380 e. The van der Waals surface area contributed by atoms with Crippen molar-refractivity contribution < 1.29 is 19.8 Å². The number of carbonyl (C=O) groups is 2. The van der Waals surface area contributed by atoms with E-state index in [9.17, 15) is 19.8 Å². The molecular formula is C26H25Cl2N3O4. The lowest BCUT2D eigenvalue weighted by Crippen LogP contribution is -2.50. The van der Waals surface area contributed by atoms with Crippen LogP contribution in [-0.4, -0.2) is 50.7 Å². The number of carbonyl (C=O) groups excluding carboxylic acids is 2. The first kappa shape index (κ1) is 25.1. The molecule has 2 aromatic carbocycles. The van der Waals surface area contributed by atoms with Gasteiger partial charge < -0.3 is 20.4 Å². The van der Waals surface area contributed by atoms with Gasteiger partial charge in [0.1, 0.15) is 0 Å². The molecule has 0 spiro atoms.